The predicted molar refractivity (Wildman–Crippen MR) is 82.8 cm³/mol. The van der Waals surface area contributed by atoms with Crippen molar-refractivity contribution in [3.05, 3.63) is 62.6 Å². The van der Waals surface area contributed by atoms with E-state index in [1.54, 1.807) is 0 Å². The standard InChI is InChI=1S/C16H12BrClO2/c17-13-3-1-10(2-4-13)15(19)9-12-8-14(18)7-11-5-6-20-16(11)12/h1-4,7-8H,5-6,9H2. The maximum Gasteiger partial charge on any atom is 0.167 e. The molecule has 0 fully saturated rings. The van der Waals surface area contributed by atoms with Crippen molar-refractivity contribution in [3.8, 4) is 5.75 Å². The molecule has 0 saturated heterocycles. The van der Waals surface area contributed by atoms with Crippen LogP contribution in [0.3, 0.4) is 0 Å². The first-order valence-electron chi connectivity index (χ1n) is 6.36. The molecule has 2 nitrogen and oxygen atoms in total. The fourth-order valence-electron chi connectivity index (χ4n) is 2.39. The minimum absolute atomic E-state index is 0.0671. The average Bonchev–Trinajstić information content (AvgIpc) is 2.87. The van der Waals surface area contributed by atoms with E-state index in [4.69, 9.17) is 16.3 Å². The zero-order chi connectivity index (χ0) is 14.1. The van der Waals surface area contributed by atoms with Gasteiger partial charge in [0.2, 0.25) is 0 Å². The maximum absolute atomic E-state index is 12.3. The third kappa shape index (κ3) is 2.74. The van der Waals surface area contributed by atoms with Gasteiger partial charge in [0.05, 0.1) is 6.61 Å². The van der Waals surface area contributed by atoms with Crippen LogP contribution in [-0.2, 0) is 12.8 Å². The largest absolute Gasteiger partial charge is 0.493 e. The number of rotatable bonds is 3. The van der Waals surface area contributed by atoms with Crippen molar-refractivity contribution in [2.45, 2.75) is 12.8 Å². The van der Waals surface area contributed by atoms with Gasteiger partial charge in [0, 0.05) is 33.5 Å². The molecule has 1 aliphatic rings. The Balaban J connectivity index is 1.88. The summed E-state index contributed by atoms with van der Waals surface area (Å²) in [7, 11) is 0. The number of halogens is 2. The van der Waals surface area contributed by atoms with Gasteiger partial charge in [0.25, 0.3) is 0 Å². The Labute approximate surface area is 130 Å². The lowest BCUT2D eigenvalue weighted by Gasteiger charge is -2.08. The van der Waals surface area contributed by atoms with E-state index in [9.17, 15) is 4.79 Å². The summed E-state index contributed by atoms with van der Waals surface area (Å²) < 4.78 is 6.58. The third-order valence-electron chi connectivity index (χ3n) is 3.34. The van der Waals surface area contributed by atoms with Crippen molar-refractivity contribution in [1.29, 1.82) is 0 Å². The zero-order valence-electron chi connectivity index (χ0n) is 10.7. The smallest absolute Gasteiger partial charge is 0.167 e. The molecule has 1 aliphatic heterocycles. The number of Topliss-reactive ketones (excluding diaryl/α,β-unsaturated/α-hetero) is 1. The van der Waals surface area contributed by atoms with Crippen molar-refractivity contribution in [3.63, 3.8) is 0 Å². The van der Waals surface area contributed by atoms with Crippen molar-refractivity contribution in [2.24, 2.45) is 0 Å². The van der Waals surface area contributed by atoms with Gasteiger partial charge in [-0.1, -0.05) is 39.7 Å². The molecule has 0 spiro atoms. The predicted octanol–water partition coefficient (Wildman–Crippen LogP) is 4.46. The molecular formula is C16H12BrClO2. The fraction of sp³-hybridized carbons (Fsp3) is 0.188. The minimum atomic E-state index is 0.0671. The van der Waals surface area contributed by atoms with Crippen LogP contribution in [0.2, 0.25) is 5.02 Å². The molecule has 0 N–H and O–H groups in total. The number of carbonyl (C=O) groups is 1. The SMILES string of the molecule is O=C(Cc1cc(Cl)cc2c1OCC2)c1ccc(Br)cc1. The van der Waals surface area contributed by atoms with Gasteiger partial charge in [-0.25, -0.2) is 0 Å². The number of hydrogen-bond acceptors (Lipinski definition) is 2. The molecular weight excluding hydrogens is 340 g/mol. The van der Waals surface area contributed by atoms with Gasteiger partial charge < -0.3 is 4.74 Å². The van der Waals surface area contributed by atoms with E-state index in [0.717, 1.165) is 27.8 Å². The molecule has 0 unspecified atom stereocenters. The molecule has 0 radical (unpaired) electrons. The quantitative estimate of drug-likeness (QED) is 0.763. The normalized spacial score (nSPS) is 12.9. The van der Waals surface area contributed by atoms with E-state index in [1.807, 2.05) is 36.4 Å². The van der Waals surface area contributed by atoms with Gasteiger partial charge in [-0.15, -0.1) is 0 Å². The number of ketones is 1. The highest BCUT2D eigenvalue weighted by Gasteiger charge is 2.19. The molecule has 2 aromatic carbocycles. The van der Waals surface area contributed by atoms with Gasteiger partial charge in [-0.3, -0.25) is 4.79 Å². The van der Waals surface area contributed by atoms with Crippen molar-refractivity contribution in [2.75, 3.05) is 6.61 Å². The van der Waals surface area contributed by atoms with E-state index in [2.05, 4.69) is 15.9 Å². The van der Waals surface area contributed by atoms with Crippen LogP contribution in [0.1, 0.15) is 21.5 Å². The van der Waals surface area contributed by atoms with Crippen LogP contribution in [0.4, 0.5) is 0 Å². The molecule has 20 heavy (non-hydrogen) atoms. The highest BCUT2D eigenvalue weighted by atomic mass is 79.9. The lowest BCUT2D eigenvalue weighted by molar-refractivity contribution is 0.0992. The van der Waals surface area contributed by atoms with Crippen molar-refractivity contribution in [1.82, 2.24) is 0 Å². The summed E-state index contributed by atoms with van der Waals surface area (Å²) in [5, 5.41) is 0.660. The lowest BCUT2D eigenvalue weighted by Crippen LogP contribution is -2.05. The third-order valence-corrected chi connectivity index (χ3v) is 4.09. The Morgan fingerprint density at radius 1 is 1.25 bits per heavy atom. The van der Waals surface area contributed by atoms with Crippen LogP contribution in [0.25, 0.3) is 0 Å². The van der Waals surface area contributed by atoms with E-state index in [0.29, 0.717) is 23.6 Å². The highest BCUT2D eigenvalue weighted by Crippen LogP contribution is 2.33. The molecule has 2 aromatic rings. The first kappa shape index (κ1) is 13.7. The Morgan fingerprint density at radius 3 is 2.75 bits per heavy atom. The zero-order valence-corrected chi connectivity index (χ0v) is 13.0. The van der Waals surface area contributed by atoms with Crippen LogP contribution >= 0.6 is 27.5 Å². The van der Waals surface area contributed by atoms with Crippen molar-refractivity contribution >= 4 is 33.3 Å². The van der Waals surface area contributed by atoms with Crippen LogP contribution in [0, 0.1) is 0 Å². The second-order valence-electron chi connectivity index (χ2n) is 4.76. The number of benzene rings is 2. The second-order valence-corrected chi connectivity index (χ2v) is 6.11. The minimum Gasteiger partial charge on any atom is -0.493 e. The second kappa shape index (κ2) is 5.58. The topological polar surface area (TPSA) is 26.3 Å². The molecule has 1 heterocycles. The summed E-state index contributed by atoms with van der Waals surface area (Å²) in [4.78, 5) is 12.3. The molecule has 0 aliphatic carbocycles. The number of ether oxygens (including phenoxy) is 1. The van der Waals surface area contributed by atoms with Crippen LogP contribution in [-0.4, -0.2) is 12.4 Å². The molecule has 4 heteroatoms. The van der Waals surface area contributed by atoms with E-state index >= 15 is 0 Å². The number of fused-ring (bicyclic) bond motifs is 1. The summed E-state index contributed by atoms with van der Waals surface area (Å²) in [5.41, 5.74) is 2.66. The summed E-state index contributed by atoms with van der Waals surface area (Å²) in [6, 6.07) is 11.1. The molecule has 102 valence electrons. The summed E-state index contributed by atoms with van der Waals surface area (Å²) in [6.45, 7) is 0.662. The van der Waals surface area contributed by atoms with E-state index < -0.39 is 0 Å². The van der Waals surface area contributed by atoms with Crippen molar-refractivity contribution < 1.29 is 9.53 Å². The summed E-state index contributed by atoms with van der Waals surface area (Å²) in [6.07, 6.45) is 1.17. The lowest BCUT2D eigenvalue weighted by atomic mass is 10.00. The Kier molecular flexibility index (Phi) is 3.81. The Hall–Kier alpha value is -1.32. The molecule has 0 saturated carbocycles. The average molecular weight is 352 g/mol. The van der Waals surface area contributed by atoms with Gasteiger partial charge in [-0.05, 0) is 29.8 Å². The van der Waals surface area contributed by atoms with Crippen LogP contribution in [0.15, 0.2) is 40.9 Å². The van der Waals surface area contributed by atoms with Gasteiger partial charge in [-0.2, -0.15) is 0 Å². The molecule has 0 amide bonds. The number of hydrogen-bond donors (Lipinski definition) is 0. The molecule has 0 aromatic heterocycles. The van der Waals surface area contributed by atoms with E-state index in [-0.39, 0.29) is 5.78 Å². The maximum atomic E-state index is 12.3. The highest BCUT2D eigenvalue weighted by molar-refractivity contribution is 9.10. The van der Waals surface area contributed by atoms with Crippen LogP contribution in [0.5, 0.6) is 5.75 Å². The molecule has 0 atom stereocenters. The summed E-state index contributed by atoms with van der Waals surface area (Å²) in [5.74, 6) is 0.900. The van der Waals surface area contributed by atoms with Gasteiger partial charge in [0.15, 0.2) is 5.78 Å². The van der Waals surface area contributed by atoms with Gasteiger partial charge >= 0.3 is 0 Å². The first-order valence-corrected chi connectivity index (χ1v) is 7.53. The Morgan fingerprint density at radius 2 is 2.00 bits per heavy atom. The van der Waals surface area contributed by atoms with Crippen LogP contribution < -0.4 is 4.74 Å². The molecule has 0 bridgehead atoms. The fourth-order valence-corrected chi connectivity index (χ4v) is 2.92. The number of carbonyl (C=O) groups excluding carboxylic acids is 1. The van der Waals surface area contributed by atoms with Gasteiger partial charge in [0.1, 0.15) is 5.75 Å². The monoisotopic (exact) mass is 350 g/mol. The summed E-state index contributed by atoms with van der Waals surface area (Å²) >= 11 is 9.47. The molecule has 3 rings (SSSR count). The first-order chi connectivity index (χ1) is 9.63. The van der Waals surface area contributed by atoms with E-state index in [1.165, 1.54) is 0 Å². The Bertz CT molecular complexity index is 665.